The highest BCUT2D eigenvalue weighted by atomic mass is 32.2. The fourth-order valence-electron chi connectivity index (χ4n) is 2.43. The van der Waals surface area contributed by atoms with Crippen molar-refractivity contribution >= 4 is 21.6 Å². The van der Waals surface area contributed by atoms with Crippen molar-refractivity contribution in [3.8, 4) is 11.4 Å². The van der Waals surface area contributed by atoms with Gasteiger partial charge in [0.05, 0.1) is 4.90 Å². The predicted molar refractivity (Wildman–Crippen MR) is 104 cm³/mol. The van der Waals surface area contributed by atoms with Crippen molar-refractivity contribution in [1.29, 1.82) is 0 Å². The van der Waals surface area contributed by atoms with Gasteiger partial charge in [0.1, 0.15) is 0 Å². The summed E-state index contributed by atoms with van der Waals surface area (Å²) in [5.41, 5.74) is 1.35. The van der Waals surface area contributed by atoms with Crippen LogP contribution in [-0.2, 0) is 21.2 Å². The molecule has 146 valence electrons. The third kappa shape index (κ3) is 4.62. The molecule has 0 fully saturated rings. The van der Waals surface area contributed by atoms with Crippen molar-refractivity contribution in [3.63, 3.8) is 0 Å². The maximum Gasteiger partial charge on any atom is 0.242 e. The molecule has 0 saturated heterocycles. The summed E-state index contributed by atoms with van der Waals surface area (Å²) in [6.07, 6.45) is 0.465. The topological polar surface area (TPSA) is 105 Å². The van der Waals surface area contributed by atoms with Crippen LogP contribution in [0.1, 0.15) is 12.3 Å². The number of benzene rings is 2. The van der Waals surface area contributed by atoms with E-state index < -0.39 is 10.0 Å². The van der Waals surface area contributed by atoms with E-state index in [0.29, 0.717) is 23.8 Å². The molecule has 9 heteroatoms. The van der Waals surface area contributed by atoms with Crippen LogP contribution in [0, 0.1) is 0 Å². The lowest BCUT2D eigenvalue weighted by atomic mass is 10.2. The predicted octanol–water partition coefficient (Wildman–Crippen LogP) is 2.56. The molecule has 28 heavy (non-hydrogen) atoms. The second-order valence-corrected chi connectivity index (χ2v) is 8.39. The zero-order valence-electron chi connectivity index (χ0n) is 15.5. The van der Waals surface area contributed by atoms with Crippen molar-refractivity contribution in [3.05, 3.63) is 60.5 Å². The number of sulfonamides is 1. The maximum absolute atomic E-state index is 12.1. The number of rotatable bonds is 7. The number of amides is 1. The Bertz CT molecular complexity index is 1050. The molecule has 0 bridgehead atoms. The fraction of sp³-hybridized carbons (Fsp3) is 0.211. The van der Waals surface area contributed by atoms with Crippen molar-refractivity contribution in [2.75, 3.05) is 19.4 Å². The Labute approximate surface area is 163 Å². The average molecular weight is 400 g/mol. The molecule has 1 heterocycles. The van der Waals surface area contributed by atoms with Gasteiger partial charge in [-0.1, -0.05) is 35.5 Å². The number of anilines is 1. The van der Waals surface area contributed by atoms with Gasteiger partial charge in [-0.3, -0.25) is 4.79 Å². The van der Waals surface area contributed by atoms with Crippen LogP contribution in [-0.4, -0.2) is 42.9 Å². The molecular weight excluding hydrogens is 380 g/mol. The van der Waals surface area contributed by atoms with E-state index >= 15 is 0 Å². The summed E-state index contributed by atoms with van der Waals surface area (Å²) in [6.45, 7) is 0. The smallest absolute Gasteiger partial charge is 0.242 e. The molecule has 0 saturated carbocycles. The first-order valence-electron chi connectivity index (χ1n) is 8.57. The van der Waals surface area contributed by atoms with Gasteiger partial charge in [0, 0.05) is 38.2 Å². The number of nitrogens with one attached hydrogen (secondary N) is 1. The second-order valence-electron chi connectivity index (χ2n) is 6.24. The van der Waals surface area contributed by atoms with Crippen molar-refractivity contribution in [2.45, 2.75) is 17.7 Å². The molecule has 0 aliphatic carbocycles. The molecule has 0 radical (unpaired) electrons. The number of hydrogen-bond acceptors (Lipinski definition) is 6. The molecule has 0 aliphatic rings. The molecule has 0 aliphatic heterocycles. The molecule has 8 nitrogen and oxygen atoms in total. The largest absolute Gasteiger partial charge is 0.339 e. The van der Waals surface area contributed by atoms with Crippen LogP contribution in [0.15, 0.2) is 64.0 Å². The van der Waals surface area contributed by atoms with Gasteiger partial charge < -0.3 is 9.84 Å². The van der Waals surface area contributed by atoms with Crippen LogP contribution >= 0.6 is 0 Å². The van der Waals surface area contributed by atoms with Gasteiger partial charge in [-0.25, -0.2) is 12.7 Å². The van der Waals surface area contributed by atoms with Crippen LogP contribution in [0.3, 0.4) is 0 Å². The van der Waals surface area contributed by atoms with E-state index in [1.54, 1.807) is 12.1 Å². The number of hydrogen-bond donors (Lipinski definition) is 1. The first-order valence-corrected chi connectivity index (χ1v) is 10.0. The quantitative estimate of drug-likeness (QED) is 0.653. The van der Waals surface area contributed by atoms with Crippen molar-refractivity contribution in [2.24, 2.45) is 0 Å². The Hall–Kier alpha value is -3.04. The highest BCUT2D eigenvalue weighted by Gasteiger charge is 2.17. The first kappa shape index (κ1) is 19.7. The highest BCUT2D eigenvalue weighted by Crippen LogP contribution is 2.18. The third-order valence-electron chi connectivity index (χ3n) is 3.98. The van der Waals surface area contributed by atoms with Gasteiger partial charge in [0.2, 0.25) is 27.6 Å². The number of carbonyl (C=O) groups is 1. The summed E-state index contributed by atoms with van der Waals surface area (Å²) >= 11 is 0. The summed E-state index contributed by atoms with van der Waals surface area (Å²) in [6, 6.07) is 15.4. The Balaban J connectivity index is 1.56. The third-order valence-corrected chi connectivity index (χ3v) is 5.81. The molecule has 0 atom stereocenters. The number of aromatic nitrogens is 2. The zero-order chi connectivity index (χ0) is 20.1. The van der Waals surface area contributed by atoms with Crippen LogP contribution < -0.4 is 5.32 Å². The molecule has 1 N–H and O–H groups in total. The number of nitrogens with zero attached hydrogens (tertiary/aromatic N) is 3. The van der Waals surface area contributed by atoms with Crippen LogP contribution in [0.5, 0.6) is 0 Å². The van der Waals surface area contributed by atoms with E-state index in [0.717, 1.165) is 9.87 Å². The second kappa shape index (κ2) is 8.32. The van der Waals surface area contributed by atoms with E-state index in [1.165, 1.54) is 26.2 Å². The molecule has 0 spiro atoms. The maximum atomic E-state index is 12.1. The summed E-state index contributed by atoms with van der Waals surface area (Å²) in [4.78, 5) is 16.6. The zero-order valence-corrected chi connectivity index (χ0v) is 16.3. The Morgan fingerprint density at radius 2 is 1.75 bits per heavy atom. The lowest BCUT2D eigenvalue weighted by Gasteiger charge is -2.11. The minimum atomic E-state index is -3.50. The molecule has 1 aromatic heterocycles. The minimum Gasteiger partial charge on any atom is -0.339 e. The van der Waals surface area contributed by atoms with Gasteiger partial charge in [-0.2, -0.15) is 4.98 Å². The van der Waals surface area contributed by atoms with E-state index in [-0.39, 0.29) is 17.2 Å². The molecule has 0 unspecified atom stereocenters. The Morgan fingerprint density at radius 1 is 1.07 bits per heavy atom. The van der Waals surface area contributed by atoms with Gasteiger partial charge in [-0.05, 0) is 24.3 Å². The van der Waals surface area contributed by atoms with E-state index in [9.17, 15) is 13.2 Å². The number of carbonyl (C=O) groups excluding carboxylic acids is 1. The van der Waals surface area contributed by atoms with E-state index in [4.69, 9.17) is 4.52 Å². The standard InChI is InChI=1S/C19H20N4O4S/c1-23(2)28(25,26)16-10-8-15(9-11-16)20-17(24)12-13-18-21-19(22-27-18)14-6-4-3-5-7-14/h3-11H,12-13H2,1-2H3,(H,20,24). The minimum absolute atomic E-state index is 0.161. The van der Waals surface area contributed by atoms with Crippen molar-refractivity contribution in [1.82, 2.24) is 14.4 Å². The molecule has 3 aromatic rings. The van der Waals surface area contributed by atoms with Gasteiger partial charge in [0.25, 0.3) is 0 Å². The van der Waals surface area contributed by atoms with E-state index in [2.05, 4.69) is 15.5 Å². The summed E-state index contributed by atoms with van der Waals surface area (Å²) in [7, 11) is -0.568. The Kier molecular flexibility index (Phi) is 5.86. The monoisotopic (exact) mass is 400 g/mol. The van der Waals surface area contributed by atoms with Crippen LogP contribution in [0.25, 0.3) is 11.4 Å². The molecular formula is C19H20N4O4S. The van der Waals surface area contributed by atoms with E-state index in [1.807, 2.05) is 30.3 Å². The first-order chi connectivity index (χ1) is 13.4. The molecule has 1 amide bonds. The average Bonchev–Trinajstić information content (AvgIpc) is 3.16. The summed E-state index contributed by atoms with van der Waals surface area (Å²) in [5.74, 6) is 0.623. The van der Waals surface area contributed by atoms with Crippen LogP contribution in [0.4, 0.5) is 5.69 Å². The van der Waals surface area contributed by atoms with Gasteiger partial charge >= 0.3 is 0 Å². The van der Waals surface area contributed by atoms with Crippen LogP contribution in [0.2, 0.25) is 0 Å². The summed E-state index contributed by atoms with van der Waals surface area (Å²) in [5, 5.41) is 6.64. The highest BCUT2D eigenvalue weighted by molar-refractivity contribution is 7.89. The molecule has 3 rings (SSSR count). The Morgan fingerprint density at radius 3 is 2.39 bits per heavy atom. The van der Waals surface area contributed by atoms with Gasteiger partial charge in [-0.15, -0.1) is 0 Å². The molecule has 2 aromatic carbocycles. The van der Waals surface area contributed by atoms with Crippen molar-refractivity contribution < 1.29 is 17.7 Å². The lowest BCUT2D eigenvalue weighted by Crippen LogP contribution is -2.22. The fourth-order valence-corrected chi connectivity index (χ4v) is 3.33. The normalized spacial score (nSPS) is 11.5. The van der Waals surface area contributed by atoms with Gasteiger partial charge in [0.15, 0.2) is 0 Å². The SMILES string of the molecule is CN(C)S(=O)(=O)c1ccc(NC(=O)CCc2nc(-c3ccccc3)no2)cc1. The summed E-state index contributed by atoms with van der Waals surface area (Å²) < 4.78 is 30.4. The number of aryl methyl sites for hydroxylation is 1. The lowest BCUT2D eigenvalue weighted by molar-refractivity contribution is -0.116.